The minimum absolute atomic E-state index is 0.119. The lowest BCUT2D eigenvalue weighted by Gasteiger charge is -2.16. The summed E-state index contributed by atoms with van der Waals surface area (Å²) < 4.78 is 67.0. The average Bonchev–Trinajstić information content (AvgIpc) is 2.59. The van der Waals surface area contributed by atoms with Crippen molar-refractivity contribution in [2.75, 3.05) is 24.6 Å². The molecule has 0 spiro atoms. The van der Waals surface area contributed by atoms with Crippen molar-refractivity contribution in [1.29, 1.82) is 0 Å². The van der Waals surface area contributed by atoms with Gasteiger partial charge in [0, 0.05) is 37.7 Å². The van der Waals surface area contributed by atoms with Crippen LogP contribution in [0.2, 0.25) is 5.02 Å². The van der Waals surface area contributed by atoms with Gasteiger partial charge in [-0.1, -0.05) is 11.6 Å². The van der Waals surface area contributed by atoms with Crippen molar-refractivity contribution >= 4 is 44.4 Å². The van der Waals surface area contributed by atoms with Gasteiger partial charge in [0.15, 0.2) is 15.7 Å². The molecule has 2 aromatic carbocycles. The Hall–Kier alpha value is -1.88. The summed E-state index contributed by atoms with van der Waals surface area (Å²) in [7, 11) is -0.929. The quantitative estimate of drug-likeness (QED) is 0.655. The summed E-state index contributed by atoms with van der Waals surface area (Å²) >= 11 is 3.68. The molecule has 0 aromatic heterocycles. The molecule has 0 bridgehead atoms. The first-order valence-corrected chi connectivity index (χ1v) is 11.0. The Morgan fingerprint density at radius 1 is 1.21 bits per heavy atom. The predicted octanol–water partition coefficient (Wildman–Crippen LogP) is 3.00. The summed E-state index contributed by atoms with van der Waals surface area (Å²) in [5, 5.41) is 0.155. The first-order chi connectivity index (χ1) is 13.0. The average molecular weight is 451 g/mol. The van der Waals surface area contributed by atoms with Crippen molar-refractivity contribution in [2.45, 2.75) is 16.2 Å². The Bertz CT molecular complexity index is 987. The van der Waals surface area contributed by atoms with Gasteiger partial charge in [0.1, 0.15) is 22.9 Å². The van der Waals surface area contributed by atoms with Crippen molar-refractivity contribution in [3.63, 3.8) is 0 Å². The van der Waals surface area contributed by atoms with Gasteiger partial charge in [-0.3, -0.25) is 4.79 Å². The van der Waals surface area contributed by atoms with Crippen LogP contribution in [0.4, 0.5) is 14.5 Å². The molecule has 6 nitrogen and oxygen atoms in total. The third kappa shape index (κ3) is 5.57. The number of hydrogen-bond acceptors (Lipinski definition) is 5. The number of anilines is 1. The Balaban J connectivity index is 2.32. The molecule has 0 aliphatic carbocycles. The van der Waals surface area contributed by atoms with Crippen LogP contribution < -0.4 is 4.72 Å². The highest BCUT2D eigenvalue weighted by Gasteiger charge is 2.25. The van der Waals surface area contributed by atoms with Gasteiger partial charge in [-0.15, -0.1) is 0 Å². The zero-order valence-electron chi connectivity index (χ0n) is 14.9. The molecule has 0 aliphatic heterocycles. The van der Waals surface area contributed by atoms with Gasteiger partial charge in [0.2, 0.25) is 10.8 Å². The van der Waals surface area contributed by atoms with Gasteiger partial charge in [-0.05, 0) is 24.3 Å². The van der Waals surface area contributed by atoms with Gasteiger partial charge in [0.05, 0.1) is 10.6 Å². The third-order valence-electron chi connectivity index (χ3n) is 3.66. The molecule has 28 heavy (non-hydrogen) atoms. The summed E-state index contributed by atoms with van der Waals surface area (Å²) in [6, 6.07) is 6.24. The predicted molar refractivity (Wildman–Crippen MR) is 103 cm³/mol. The van der Waals surface area contributed by atoms with E-state index in [0.29, 0.717) is 6.07 Å². The molecule has 11 heteroatoms. The van der Waals surface area contributed by atoms with Crippen LogP contribution >= 0.6 is 11.6 Å². The molecule has 2 aromatic rings. The number of sulfone groups is 1. The highest BCUT2D eigenvalue weighted by molar-refractivity contribution is 7.93. The van der Waals surface area contributed by atoms with E-state index < -0.39 is 38.6 Å². The number of nitrogens with one attached hydrogen (secondary N) is 1. The molecule has 0 radical (unpaired) electrons. The molecule has 152 valence electrons. The van der Waals surface area contributed by atoms with Crippen molar-refractivity contribution in [3.8, 4) is 0 Å². The number of rotatable bonds is 7. The third-order valence-corrected chi connectivity index (χ3v) is 6.80. The van der Waals surface area contributed by atoms with Gasteiger partial charge < -0.3 is 9.45 Å². The lowest BCUT2D eigenvalue weighted by Crippen LogP contribution is -2.24. The molecule has 1 atom stereocenters. The monoisotopic (exact) mass is 450 g/mol. The number of nitrogens with zero attached hydrogens (tertiary/aromatic N) is 1. The van der Waals surface area contributed by atoms with E-state index >= 15 is 0 Å². The summed E-state index contributed by atoms with van der Waals surface area (Å²) in [5.74, 6) is -2.73. The van der Waals surface area contributed by atoms with E-state index in [4.69, 9.17) is 11.6 Å². The van der Waals surface area contributed by atoms with Crippen LogP contribution in [0.3, 0.4) is 0 Å². The van der Waals surface area contributed by atoms with Crippen LogP contribution in [-0.4, -0.2) is 43.6 Å². The zero-order chi connectivity index (χ0) is 21.1. The highest BCUT2D eigenvalue weighted by atomic mass is 35.5. The summed E-state index contributed by atoms with van der Waals surface area (Å²) in [6.07, 6.45) is -0.243. The van der Waals surface area contributed by atoms with Gasteiger partial charge in [0.25, 0.3) is 0 Å². The number of carbonyl (C=O) groups is 1. The maximum Gasteiger partial charge on any atom is 0.223 e. The molecule has 1 N–H and O–H groups in total. The van der Waals surface area contributed by atoms with Gasteiger partial charge in [-0.2, -0.15) is 0 Å². The van der Waals surface area contributed by atoms with Crippen LogP contribution in [0, 0.1) is 11.6 Å². The highest BCUT2D eigenvalue weighted by Crippen LogP contribution is 2.29. The Labute approximate surface area is 169 Å². The Morgan fingerprint density at radius 3 is 2.50 bits per heavy atom. The number of carbonyl (C=O) groups excluding carboxylic acids is 1. The molecular weight excluding hydrogens is 434 g/mol. The lowest BCUT2D eigenvalue weighted by atomic mass is 10.3. The number of hydrogen-bond donors (Lipinski definition) is 1. The first kappa shape index (κ1) is 22.4. The SMILES string of the molecule is CN(C)C(=O)CCS(=O)(=O)c1ccc(Cl)cc1N[S+]([O-])c1ccc(F)cc1F. The topological polar surface area (TPSA) is 89.5 Å². The number of amides is 1. The summed E-state index contributed by atoms with van der Waals surface area (Å²) in [6.45, 7) is 0. The molecule has 0 heterocycles. The van der Waals surface area contributed by atoms with E-state index in [1.165, 1.54) is 37.2 Å². The van der Waals surface area contributed by atoms with E-state index in [2.05, 4.69) is 4.72 Å². The number of benzene rings is 2. The maximum absolute atomic E-state index is 13.8. The Morgan fingerprint density at radius 2 is 1.89 bits per heavy atom. The molecule has 2 rings (SSSR count). The van der Waals surface area contributed by atoms with E-state index in [1.807, 2.05) is 0 Å². The fourth-order valence-electron chi connectivity index (χ4n) is 2.19. The van der Waals surface area contributed by atoms with Crippen molar-refractivity contribution in [1.82, 2.24) is 4.90 Å². The van der Waals surface area contributed by atoms with E-state index in [9.17, 15) is 26.5 Å². The van der Waals surface area contributed by atoms with Crippen LogP contribution in [0.5, 0.6) is 0 Å². The van der Waals surface area contributed by atoms with Crippen molar-refractivity contribution in [2.24, 2.45) is 0 Å². The first-order valence-electron chi connectivity index (χ1n) is 7.87. The van der Waals surface area contributed by atoms with Crippen LogP contribution in [-0.2, 0) is 26.0 Å². The molecule has 1 amide bonds. The van der Waals surface area contributed by atoms with E-state index in [-0.39, 0.29) is 32.8 Å². The Kier molecular flexibility index (Phi) is 7.27. The summed E-state index contributed by atoms with van der Waals surface area (Å²) in [5.41, 5.74) is -0.119. The second-order valence-corrected chi connectivity index (χ2v) is 9.64. The summed E-state index contributed by atoms with van der Waals surface area (Å²) in [4.78, 5) is 12.4. The molecule has 0 aliphatic rings. The van der Waals surface area contributed by atoms with E-state index in [1.54, 1.807) is 0 Å². The standard InChI is InChI=1S/C17H17ClF2N2O4S2/c1-22(2)17(23)7-8-28(25,26)16-6-3-11(18)9-14(16)21-27(24)15-5-4-12(19)10-13(15)20/h3-6,9-10,21H,7-8H2,1-2H3. The van der Waals surface area contributed by atoms with Gasteiger partial charge in [-0.25, -0.2) is 21.9 Å². The van der Waals surface area contributed by atoms with Crippen LogP contribution in [0.25, 0.3) is 0 Å². The van der Waals surface area contributed by atoms with E-state index in [0.717, 1.165) is 12.1 Å². The fraction of sp³-hybridized carbons (Fsp3) is 0.235. The lowest BCUT2D eigenvalue weighted by molar-refractivity contribution is -0.128. The fourth-order valence-corrected chi connectivity index (χ4v) is 4.72. The second-order valence-electron chi connectivity index (χ2n) is 5.94. The van der Waals surface area contributed by atoms with Gasteiger partial charge >= 0.3 is 0 Å². The molecule has 0 saturated carbocycles. The normalized spacial score (nSPS) is 12.5. The zero-order valence-corrected chi connectivity index (χ0v) is 17.3. The molecule has 1 unspecified atom stereocenters. The number of halogens is 3. The minimum Gasteiger partial charge on any atom is -0.588 e. The van der Waals surface area contributed by atoms with Crippen molar-refractivity contribution in [3.05, 3.63) is 53.1 Å². The molecular formula is C17H17ClF2N2O4S2. The smallest absolute Gasteiger partial charge is 0.223 e. The second kappa shape index (κ2) is 9.08. The molecule has 0 saturated heterocycles. The maximum atomic E-state index is 13.8. The largest absolute Gasteiger partial charge is 0.588 e. The van der Waals surface area contributed by atoms with Crippen molar-refractivity contribution < 1.29 is 26.5 Å². The van der Waals surface area contributed by atoms with Crippen LogP contribution in [0.1, 0.15) is 6.42 Å². The van der Waals surface area contributed by atoms with Crippen LogP contribution in [0.15, 0.2) is 46.2 Å². The molecule has 0 fully saturated rings. The minimum atomic E-state index is -3.94.